The van der Waals surface area contributed by atoms with E-state index in [-0.39, 0.29) is 0 Å². The molecule has 0 saturated heterocycles. The molecule has 0 heteroatoms. The quantitative estimate of drug-likeness (QED) is 0.429. The zero-order chi connectivity index (χ0) is 17.8. The van der Waals surface area contributed by atoms with Crippen LogP contribution in [0.2, 0.25) is 0 Å². The van der Waals surface area contributed by atoms with E-state index in [9.17, 15) is 0 Å². The van der Waals surface area contributed by atoms with Crippen molar-refractivity contribution in [3.8, 4) is 0 Å². The summed E-state index contributed by atoms with van der Waals surface area (Å²) in [5.41, 5.74) is 7.55. The fourth-order valence-corrected chi connectivity index (χ4v) is 2.47. The van der Waals surface area contributed by atoms with Crippen molar-refractivity contribution in [3.63, 3.8) is 0 Å². The van der Waals surface area contributed by atoms with Gasteiger partial charge in [-0.05, 0) is 81.9 Å². The third-order valence-electron chi connectivity index (χ3n) is 3.78. The van der Waals surface area contributed by atoms with Crippen LogP contribution in [0, 0.1) is 0 Å². The molecule has 124 valence electrons. The van der Waals surface area contributed by atoms with Gasteiger partial charge in [-0.15, -0.1) is 0 Å². The minimum atomic E-state index is 1.19. The van der Waals surface area contributed by atoms with Crippen LogP contribution >= 0.6 is 0 Å². The number of hydrogen-bond acceptors (Lipinski definition) is 0. The summed E-state index contributed by atoms with van der Waals surface area (Å²) in [6.07, 6.45) is 18.9. The molecule has 0 rings (SSSR count). The van der Waals surface area contributed by atoms with E-state index >= 15 is 0 Å². The maximum absolute atomic E-state index is 3.80. The summed E-state index contributed by atoms with van der Waals surface area (Å²) >= 11 is 0. The first kappa shape index (κ1) is 20.9. The molecule has 0 heterocycles. The first-order valence-electron chi connectivity index (χ1n) is 8.24. The van der Waals surface area contributed by atoms with E-state index in [2.05, 4.69) is 90.7 Å². The van der Waals surface area contributed by atoms with E-state index < -0.39 is 0 Å². The predicted molar refractivity (Wildman–Crippen MR) is 108 cm³/mol. The highest BCUT2D eigenvalue weighted by Gasteiger charge is 2.06. The molecule has 0 bridgehead atoms. The van der Waals surface area contributed by atoms with Crippen molar-refractivity contribution < 1.29 is 0 Å². The van der Waals surface area contributed by atoms with Gasteiger partial charge in [0.05, 0.1) is 0 Å². The summed E-state index contributed by atoms with van der Waals surface area (Å²) in [5, 5.41) is 0. The molecule has 0 unspecified atom stereocenters. The first-order valence-corrected chi connectivity index (χ1v) is 8.24. The van der Waals surface area contributed by atoms with E-state index in [1.165, 1.54) is 33.4 Å². The Labute approximate surface area is 143 Å². The van der Waals surface area contributed by atoms with Crippen molar-refractivity contribution in [3.05, 3.63) is 94.7 Å². The van der Waals surface area contributed by atoms with Crippen molar-refractivity contribution in [2.45, 2.75) is 48.5 Å². The Hall–Kier alpha value is -2.08. The van der Waals surface area contributed by atoms with Gasteiger partial charge in [-0.2, -0.15) is 0 Å². The maximum atomic E-state index is 3.80. The molecule has 0 amide bonds. The lowest BCUT2D eigenvalue weighted by atomic mass is 9.93. The van der Waals surface area contributed by atoms with Crippen molar-refractivity contribution in [1.29, 1.82) is 0 Å². The van der Waals surface area contributed by atoms with Gasteiger partial charge < -0.3 is 0 Å². The monoisotopic (exact) mass is 308 g/mol. The largest absolute Gasteiger partial charge is 0.0990 e. The van der Waals surface area contributed by atoms with Crippen LogP contribution in [-0.4, -0.2) is 0 Å². The summed E-state index contributed by atoms with van der Waals surface area (Å²) in [6.45, 7) is 18.6. The van der Waals surface area contributed by atoms with Crippen molar-refractivity contribution in [1.82, 2.24) is 0 Å². The first-order chi connectivity index (χ1) is 11.0. The standard InChI is InChI=1S/C23H32/c1-9-14-21(12-4)23(13-5)20(8)18(6)17-19(7)22(15-10-2)16-11-3/h9-17H,2H2,1,3-8H3/b14-9-,16-11-,19-17+,20-18+,21-12+,22-15+,23-13+. The highest BCUT2D eigenvalue weighted by molar-refractivity contribution is 5.54. The third-order valence-corrected chi connectivity index (χ3v) is 3.78. The molecule has 0 N–H and O–H groups in total. The molecule has 0 aliphatic rings. The van der Waals surface area contributed by atoms with Gasteiger partial charge in [-0.25, -0.2) is 0 Å². The topological polar surface area (TPSA) is 0 Å². The lowest BCUT2D eigenvalue weighted by Gasteiger charge is -2.12. The van der Waals surface area contributed by atoms with Crippen LogP contribution in [-0.2, 0) is 0 Å². The lowest BCUT2D eigenvalue weighted by molar-refractivity contribution is 1.26. The average Bonchev–Trinajstić information content (AvgIpc) is 2.53. The fourth-order valence-electron chi connectivity index (χ4n) is 2.47. The molecule has 0 fully saturated rings. The van der Waals surface area contributed by atoms with Gasteiger partial charge in [0.15, 0.2) is 0 Å². The van der Waals surface area contributed by atoms with Gasteiger partial charge in [0.1, 0.15) is 0 Å². The van der Waals surface area contributed by atoms with Crippen LogP contribution < -0.4 is 0 Å². The van der Waals surface area contributed by atoms with E-state index in [0.29, 0.717) is 0 Å². The number of hydrogen-bond donors (Lipinski definition) is 0. The van der Waals surface area contributed by atoms with Crippen LogP contribution in [0.5, 0.6) is 0 Å². The van der Waals surface area contributed by atoms with Crippen LogP contribution in [0.3, 0.4) is 0 Å². The molecule has 0 radical (unpaired) electrons. The molecule has 0 nitrogen and oxygen atoms in total. The van der Waals surface area contributed by atoms with Crippen molar-refractivity contribution in [2.24, 2.45) is 0 Å². The van der Waals surface area contributed by atoms with E-state index in [1.807, 2.05) is 19.1 Å². The molecule has 0 aliphatic heterocycles. The zero-order valence-corrected chi connectivity index (χ0v) is 15.9. The van der Waals surface area contributed by atoms with E-state index in [0.717, 1.165) is 0 Å². The minimum absolute atomic E-state index is 1.19. The van der Waals surface area contributed by atoms with Gasteiger partial charge in [-0.3, -0.25) is 0 Å². The van der Waals surface area contributed by atoms with Gasteiger partial charge >= 0.3 is 0 Å². The molecular formula is C23H32. The highest BCUT2D eigenvalue weighted by Crippen LogP contribution is 2.25. The SMILES string of the molecule is C=C/C=C(\C=C/C)C(/C)=C/C(C)=C(C)/C(=C\C)C(/C=C\C)=C/C. The Morgan fingerprint density at radius 2 is 1.35 bits per heavy atom. The van der Waals surface area contributed by atoms with Gasteiger partial charge in [0.2, 0.25) is 0 Å². The maximum Gasteiger partial charge on any atom is -0.0198 e. The zero-order valence-electron chi connectivity index (χ0n) is 15.9. The van der Waals surface area contributed by atoms with Crippen LogP contribution in [0.4, 0.5) is 0 Å². The van der Waals surface area contributed by atoms with Crippen molar-refractivity contribution >= 4 is 0 Å². The second-order valence-electron chi connectivity index (χ2n) is 5.44. The Kier molecular flexibility index (Phi) is 10.4. The smallest absolute Gasteiger partial charge is 0.0198 e. The Morgan fingerprint density at radius 1 is 0.783 bits per heavy atom. The molecule has 0 spiro atoms. The molecule has 0 aliphatic carbocycles. The highest BCUT2D eigenvalue weighted by atomic mass is 14.1. The minimum Gasteiger partial charge on any atom is -0.0990 e. The fraction of sp³-hybridized carbons (Fsp3) is 0.304. The summed E-state index contributed by atoms with van der Waals surface area (Å²) in [7, 11) is 0. The third kappa shape index (κ3) is 6.69. The van der Waals surface area contributed by atoms with Crippen LogP contribution in [0.25, 0.3) is 0 Å². The summed E-state index contributed by atoms with van der Waals surface area (Å²) in [6, 6.07) is 0. The molecule has 0 atom stereocenters. The van der Waals surface area contributed by atoms with Gasteiger partial charge in [0, 0.05) is 0 Å². The Bertz CT molecular complexity index is 608. The molecular weight excluding hydrogens is 276 g/mol. The van der Waals surface area contributed by atoms with Crippen LogP contribution in [0.1, 0.15) is 48.5 Å². The molecule has 23 heavy (non-hydrogen) atoms. The second kappa shape index (κ2) is 11.5. The summed E-state index contributed by atoms with van der Waals surface area (Å²) in [4.78, 5) is 0. The average molecular weight is 309 g/mol. The molecule has 0 aromatic rings. The van der Waals surface area contributed by atoms with Crippen molar-refractivity contribution in [2.75, 3.05) is 0 Å². The second-order valence-corrected chi connectivity index (χ2v) is 5.44. The Balaban J connectivity index is 5.90. The molecule has 0 aromatic carbocycles. The van der Waals surface area contributed by atoms with Gasteiger partial charge in [-0.1, -0.05) is 61.3 Å². The van der Waals surface area contributed by atoms with E-state index in [1.54, 1.807) is 0 Å². The van der Waals surface area contributed by atoms with Gasteiger partial charge in [0.25, 0.3) is 0 Å². The summed E-state index contributed by atoms with van der Waals surface area (Å²) < 4.78 is 0. The van der Waals surface area contributed by atoms with E-state index in [4.69, 9.17) is 0 Å². The summed E-state index contributed by atoms with van der Waals surface area (Å²) in [5.74, 6) is 0. The number of allylic oxidation sites excluding steroid dienone is 15. The molecule has 0 aromatic heterocycles. The lowest BCUT2D eigenvalue weighted by Crippen LogP contribution is -1.93. The normalized spacial score (nSPS) is 16.3. The number of rotatable bonds is 7. The van der Waals surface area contributed by atoms with Crippen LogP contribution in [0.15, 0.2) is 94.7 Å². The predicted octanol–water partition coefficient (Wildman–Crippen LogP) is 7.43. The Morgan fingerprint density at radius 3 is 1.78 bits per heavy atom. The molecule has 0 saturated carbocycles.